The number of nitrogens with one attached hydrogen (secondary N) is 1. The van der Waals surface area contributed by atoms with Crippen LogP contribution in [-0.4, -0.2) is 29.3 Å². The number of hydrogen-bond donors (Lipinski definition) is 2. The molecule has 8 heteroatoms. The predicted molar refractivity (Wildman–Crippen MR) is 116 cm³/mol. The number of para-hydroxylation sites is 1. The standard InChI is InChI=1S/C22H21N3O4S/c1-14(2)30(28,29)24-19-7-5-4-6-18(19)15-8-10-16(11-9-15)20-17(12-23)13-25(3)21(20)22(26)27/h4-11,13-14,24H,1-3H3,(H,26,27). The second kappa shape index (κ2) is 8.05. The van der Waals surface area contributed by atoms with Gasteiger partial charge in [0.1, 0.15) is 11.8 Å². The Labute approximate surface area is 175 Å². The molecule has 0 aliphatic heterocycles. The summed E-state index contributed by atoms with van der Waals surface area (Å²) >= 11 is 0. The Hall–Kier alpha value is -3.57. The fourth-order valence-corrected chi connectivity index (χ4v) is 3.89. The molecule has 2 aromatic carbocycles. The molecule has 0 radical (unpaired) electrons. The first-order valence-electron chi connectivity index (χ1n) is 9.20. The summed E-state index contributed by atoms with van der Waals surface area (Å²) in [6.07, 6.45) is 1.49. The molecule has 7 nitrogen and oxygen atoms in total. The topological polar surface area (TPSA) is 112 Å². The van der Waals surface area contributed by atoms with Crippen LogP contribution in [0.5, 0.6) is 0 Å². The Morgan fingerprint density at radius 3 is 2.27 bits per heavy atom. The van der Waals surface area contributed by atoms with E-state index in [1.165, 1.54) is 10.8 Å². The van der Waals surface area contributed by atoms with Gasteiger partial charge in [0.2, 0.25) is 10.0 Å². The van der Waals surface area contributed by atoms with Crippen molar-refractivity contribution in [2.75, 3.05) is 4.72 Å². The van der Waals surface area contributed by atoms with Crippen LogP contribution in [0.1, 0.15) is 29.9 Å². The van der Waals surface area contributed by atoms with Crippen molar-refractivity contribution in [3.05, 3.63) is 66.0 Å². The quantitative estimate of drug-likeness (QED) is 0.620. The second-order valence-corrected chi connectivity index (χ2v) is 9.35. The van der Waals surface area contributed by atoms with Gasteiger partial charge in [-0.25, -0.2) is 13.2 Å². The molecule has 0 spiro atoms. The first-order valence-corrected chi connectivity index (χ1v) is 10.7. The minimum atomic E-state index is -3.51. The molecule has 3 aromatic rings. The summed E-state index contributed by atoms with van der Waals surface area (Å²) < 4.78 is 28.6. The Balaban J connectivity index is 2.06. The maximum Gasteiger partial charge on any atom is 0.353 e. The number of aryl methyl sites for hydroxylation is 1. The van der Waals surface area contributed by atoms with Crippen molar-refractivity contribution in [3.8, 4) is 28.3 Å². The summed E-state index contributed by atoms with van der Waals surface area (Å²) in [7, 11) is -1.93. The Morgan fingerprint density at radius 1 is 1.10 bits per heavy atom. The lowest BCUT2D eigenvalue weighted by Crippen LogP contribution is -2.22. The highest BCUT2D eigenvalue weighted by Gasteiger charge is 2.22. The van der Waals surface area contributed by atoms with Crippen LogP contribution < -0.4 is 4.72 Å². The van der Waals surface area contributed by atoms with Gasteiger partial charge in [0.15, 0.2) is 0 Å². The van der Waals surface area contributed by atoms with Crippen LogP contribution in [0, 0.1) is 11.3 Å². The molecule has 0 aliphatic rings. The van der Waals surface area contributed by atoms with E-state index in [4.69, 9.17) is 0 Å². The first kappa shape index (κ1) is 21.1. The number of anilines is 1. The van der Waals surface area contributed by atoms with Gasteiger partial charge in [0.25, 0.3) is 0 Å². The number of nitriles is 1. The van der Waals surface area contributed by atoms with Crippen LogP contribution in [0.2, 0.25) is 0 Å². The molecule has 1 aromatic heterocycles. The number of aromatic carboxylic acids is 1. The largest absolute Gasteiger partial charge is 0.477 e. The summed E-state index contributed by atoms with van der Waals surface area (Å²) in [6.45, 7) is 3.21. The van der Waals surface area contributed by atoms with Gasteiger partial charge in [-0.05, 0) is 31.0 Å². The third-order valence-electron chi connectivity index (χ3n) is 4.79. The molecule has 0 atom stereocenters. The van der Waals surface area contributed by atoms with E-state index in [1.807, 2.05) is 12.1 Å². The number of aromatic nitrogens is 1. The van der Waals surface area contributed by atoms with Gasteiger partial charge in [0.05, 0.1) is 16.5 Å². The normalized spacial score (nSPS) is 11.3. The van der Waals surface area contributed by atoms with E-state index in [2.05, 4.69) is 4.72 Å². The van der Waals surface area contributed by atoms with Crippen LogP contribution in [0.15, 0.2) is 54.7 Å². The van der Waals surface area contributed by atoms with Gasteiger partial charge in [-0.1, -0.05) is 42.5 Å². The molecule has 2 N–H and O–H groups in total. The van der Waals surface area contributed by atoms with Gasteiger partial charge in [0, 0.05) is 24.4 Å². The highest BCUT2D eigenvalue weighted by atomic mass is 32.2. The maximum atomic E-state index is 12.3. The molecule has 0 aliphatic carbocycles. The van der Waals surface area contributed by atoms with Crippen molar-refractivity contribution < 1.29 is 18.3 Å². The highest BCUT2D eigenvalue weighted by Crippen LogP contribution is 2.33. The number of hydrogen-bond acceptors (Lipinski definition) is 4. The second-order valence-electron chi connectivity index (χ2n) is 7.11. The zero-order valence-electron chi connectivity index (χ0n) is 16.7. The van der Waals surface area contributed by atoms with Crippen molar-refractivity contribution in [2.24, 2.45) is 7.05 Å². The van der Waals surface area contributed by atoms with Crippen LogP contribution in [-0.2, 0) is 17.1 Å². The number of sulfonamides is 1. The third-order valence-corrected chi connectivity index (χ3v) is 6.53. The number of carbonyl (C=O) groups is 1. The van der Waals surface area contributed by atoms with Gasteiger partial charge < -0.3 is 9.67 Å². The SMILES string of the molecule is CC(C)S(=O)(=O)Nc1ccccc1-c1ccc(-c2c(C#N)cn(C)c2C(=O)O)cc1. The molecule has 0 saturated carbocycles. The van der Waals surface area contributed by atoms with Gasteiger partial charge >= 0.3 is 5.97 Å². The summed E-state index contributed by atoms with van der Waals surface area (Å²) in [5.74, 6) is -1.12. The van der Waals surface area contributed by atoms with Crippen molar-refractivity contribution >= 4 is 21.7 Å². The molecule has 0 bridgehead atoms. The van der Waals surface area contributed by atoms with E-state index in [9.17, 15) is 23.6 Å². The molecule has 3 rings (SSSR count). The van der Waals surface area contributed by atoms with Crippen molar-refractivity contribution in [1.82, 2.24) is 4.57 Å². The number of carboxylic acid groups (broad SMARTS) is 1. The first-order chi connectivity index (χ1) is 14.2. The summed E-state index contributed by atoms with van der Waals surface area (Å²) in [4.78, 5) is 11.7. The fraction of sp³-hybridized carbons (Fsp3) is 0.182. The van der Waals surface area contributed by atoms with E-state index in [0.29, 0.717) is 22.4 Å². The summed E-state index contributed by atoms with van der Waals surface area (Å²) in [6, 6.07) is 16.1. The van der Waals surface area contributed by atoms with Crippen molar-refractivity contribution in [3.63, 3.8) is 0 Å². The minimum absolute atomic E-state index is 0.0318. The van der Waals surface area contributed by atoms with Crippen LogP contribution in [0.4, 0.5) is 5.69 Å². The van der Waals surface area contributed by atoms with E-state index in [1.54, 1.807) is 63.4 Å². The highest BCUT2D eigenvalue weighted by molar-refractivity contribution is 7.93. The van der Waals surface area contributed by atoms with Gasteiger partial charge in [-0.15, -0.1) is 0 Å². The van der Waals surface area contributed by atoms with Gasteiger partial charge in [-0.3, -0.25) is 4.72 Å². The predicted octanol–water partition coefficient (Wildman–Crippen LogP) is 4.08. The van der Waals surface area contributed by atoms with E-state index < -0.39 is 21.2 Å². The average Bonchev–Trinajstić information content (AvgIpc) is 3.04. The number of carboxylic acids is 1. The molecule has 154 valence electrons. The Bertz CT molecular complexity index is 1250. The minimum Gasteiger partial charge on any atom is -0.477 e. The Morgan fingerprint density at radius 2 is 1.70 bits per heavy atom. The average molecular weight is 423 g/mol. The molecule has 0 fully saturated rings. The lowest BCUT2D eigenvalue weighted by atomic mass is 9.97. The maximum absolute atomic E-state index is 12.3. The molecule has 30 heavy (non-hydrogen) atoms. The molecule has 0 unspecified atom stereocenters. The molecule has 1 heterocycles. The summed E-state index contributed by atoms with van der Waals surface area (Å²) in [5, 5.41) is 18.4. The van der Waals surface area contributed by atoms with Crippen molar-refractivity contribution in [2.45, 2.75) is 19.1 Å². The zero-order chi connectivity index (χ0) is 22.1. The molecular formula is C22H21N3O4S. The smallest absolute Gasteiger partial charge is 0.353 e. The molecule has 0 saturated heterocycles. The lowest BCUT2D eigenvalue weighted by molar-refractivity contribution is 0.0687. The van der Waals surface area contributed by atoms with Crippen LogP contribution in [0.25, 0.3) is 22.3 Å². The molecular weight excluding hydrogens is 402 g/mol. The van der Waals surface area contributed by atoms with Crippen LogP contribution in [0.3, 0.4) is 0 Å². The van der Waals surface area contributed by atoms with E-state index in [0.717, 1.165) is 5.56 Å². The zero-order valence-corrected chi connectivity index (χ0v) is 17.6. The third kappa shape index (κ3) is 3.93. The monoisotopic (exact) mass is 423 g/mol. The Kier molecular flexibility index (Phi) is 5.67. The number of benzene rings is 2. The van der Waals surface area contributed by atoms with Gasteiger partial charge in [-0.2, -0.15) is 5.26 Å². The van der Waals surface area contributed by atoms with E-state index in [-0.39, 0.29) is 11.3 Å². The number of nitrogens with zero attached hydrogens (tertiary/aromatic N) is 2. The number of rotatable bonds is 6. The molecule has 0 amide bonds. The van der Waals surface area contributed by atoms with Crippen LogP contribution >= 0.6 is 0 Å². The lowest BCUT2D eigenvalue weighted by Gasteiger charge is -2.15. The fourth-order valence-electron chi connectivity index (χ4n) is 3.17. The summed E-state index contributed by atoms with van der Waals surface area (Å²) in [5.41, 5.74) is 3.16. The van der Waals surface area contributed by atoms with Crippen molar-refractivity contribution in [1.29, 1.82) is 5.26 Å². The van der Waals surface area contributed by atoms with E-state index >= 15 is 0 Å².